The van der Waals surface area contributed by atoms with E-state index in [2.05, 4.69) is 33.8 Å². The quantitative estimate of drug-likeness (QED) is 0.216. The van der Waals surface area contributed by atoms with E-state index in [1.807, 2.05) is 0 Å². The van der Waals surface area contributed by atoms with E-state index in [1.54, 1.807) is 20.8 Å². The standard InChI is InChI=1S/C38H45ClF5N5O8S3/c1-11-28(39)27-20-48(47-34(27)49(59(9,53)54)60(10,55)56)33(38(42,43)44)26-13-12-25-29(14-15-37(6,7)58(8,51)52)45-32(21(2)31(25)26)30(46-35(50)57-36(3,4)5)18-22-16-23(40)19-24(41)17-22/h11,16-17,19,26,30,33H,1,12-13,18,20H2,2-10H3,(H,46,50)/b28-27-/t26?,30-,33?/m0/s1. The number of amides is 1. The zero-order chi connectivity index (χ0) is 45.7. The van der Waals surface area contributed by atoms with E-state index < -0.39 is 94.5 Å². The number of rotatable bonds is 10. The molecule has 1 aliphatic carbocycles. The van der Waals surface area contributed by atoms with Crippen LogP contribution in [0.2, 0.25) is 0 Å². The van der Waals surface area contributed by atoms with Gasteiger partial charge in [0, 0.05) is 28.8 Å². The second-order valence-corrected chi connectivity index (χ2v) is 22.8. The van der Waals surface area contributed by atoms with Crippen molar-refractivity contribution >= 4 is 53.4 Å². The molecule has 3 atom stereocenters. The molecule has 330 valence electrons. The summed E-state index contributed by atoms with van der Waals surface area (Å²) in [5.41, 5.74) is -1.36. The highest BCUT2D eigenvalue weighted by atomic mass is 35.5. The number of hydrogen-bond acceptors (Lipinski definition) is 11. The van der Waals surface area contributed by atoms with Crippen LogP contribution in [0.3, 0.4) is 0 Å². The van der Waals surface area contributed by atoms with E-state index in [0.29, 0.717) is 23.6 Å². The fourth-order valence-electron chi connectivity index (χ4n) is 6.88. The van der Waals surface area contributed by atoms with Crippen molar-refractivity contribution in [3.8, 4) is 11.8 Å². The zero-order valence-corrected chi connectivity index (χ0v) is 37.3. The lowest BCUT2D eigenvalue weighted by molar-refractivity contribution is -0.188. The molecule has 1 amide bonds. The summed E-state index contributed by atoms with van der Waals surface area (Å²) in [6.45, 7) is 11.4. The predicted octanol–water partition coefficient (Wildman–Crippen LogP) is 6.14. The number of carbonyl (C=O) groups excluding carboxylic acids is 1. The van der Waals surface area contributed by atoms with Crippen LogP contribution in [0.25, 0.3) is 0 Å². The van der Waals surface area contributed by atoms with Crippen LogP contribution in [-0.2, 0) is 47.5 Å². The van der Waals surface area contributed by atoms with Crippen molar-refractivity contribution in [3.63, 3.8) is 0 Å². The van der Waals surface area contributed by atoms with E-state index in [4.69, 9.17) is 16.3 Å². The number of alkyl halides is 3. The first-order valence-corrected chi connectivity index (χ1v) is 24.0. The van der Waals surface area contributed by atoms with Crippen molar-refractivity contribution in [1.82, 2.24) is 19.0 Å². The summed E-state index contributed by atoms with van der Waals surface area (Å²) in [6, 6.07) is -1.33. The van der Waals surface area contributed by atoms with Crippen LogP contribution in [0.4, 0.5) is 26.7 Å². The molecular weight excluding hydrogens is 881 g/mol. The van der Waals surface area contributed by atoms with Gasteiger partial charge in [0.25, 0.3) is 0 Å². The molecule has 0 radical (unpaired) electrons. The number of alkyl carbamates (subject to hydrolysis) is 1. The highest BCUT2D eigenvalue weighted by Crippen LogP contribution is 2.48. The van der Waals surface area contributed by atoms with E-state index in [0.717, 1.165) is 24.5 Å². The number of fused-ring (bicyclic) bond motifs is 1. The molecule has 13 nitrogen and oxygen atoms in total. The Balaban J connectivity index is 2.08. The summed E-state index contributed by atoms with van der Waals surface area (Å²) in [5.74, 6) is 1.01. The van der Waals surface area contributed by atoms with Crippen molar-refractivity contribution in [2.45, 2.75) is 95.3 Å². The first-order valence-electron chi connectivity index (χ1n) is 18.0. The molecule has 0 spiro atoms. The third-order valence-electron chi connectivity index (χ3n) is 9.59. The largest absolute Gasteiger partial charge is 0.444 e. The number of carbonyl (C=O) groups is 1. The van der Waals surface area contributed by atoms with Gasteiger partial charge in [0.2, 0.25) is 20.0 Å². The lowest BCUT2D eigenvalue weighted by Crippen LogP contribution is -2.46. The summed E-state index contributed by atoms with van der Waals surface area (Å²) in [5, 5.41) is 6.69. The molecule has 0 fully saturated rings. The molecule has 4 rings (SSSR count). The van der Waals surface area contributed by atoms with E-state index in [1.165, 1.54) is 20.8 Å². The van der Waals surface area contributed by atoms with Gasteiger partial charge in [0.1, 0.15) is 33.7 Å². The maximum absolute atomic E-state index is 15.7. The molecule has 22 heteroatoms. The van der Waals surface area contributed by atoms with Crippen molar-refractivity contribution < 1.29 is 56.7 Å². The number of aromatic nitrogens is 1. The molecule has 1 aromatic carbocycles. The number of hydrogen-bond donors (Lipinski definition) is 1. The molecule has 1 aliphatic heterocycles. The van der Waals surface area contributed by atoms with Gasteiger partial charge in [-0.25, -0.2) is 43.8 Å². The van der Waals surface area contributed by atoms with Gasteiger partial charge in [-0.15, -0.1) is 3.71 Å². The van der Waals surface area contributed by atoms with Crippen LogP contribution < -0.4 is 5.32 Å². The Hall–Kier alpha value is -4.26. The van der Waals surface area contributed by atoms with Gasteiger partial charge in [-0.05, 0) is 101 Å². The number of allylic oxidation sites excluding steroid dienone is 2. The molecule has 2 unspecified atom stereocenters. The van der Waals surface area contributed by atoms with Crippen LogP contribution in [-0.4, -0.2) is 98.8 Å². The van der Waals surface area contributed by atoms with Crippen LogP contribution in [0.5, 0.6) is 0 Å². The Morgan fingerprint density at radius 1 is 1.05 bits per heavy atom. The van der Waals surface area contributed by atoms with Gasteiger partial charge in [-0.2, -0.15) is 18.3 Å². The van der Waals surface area contributed by atoms with Gasteiger partial charge >= 0.3 is 12.3 Å². The minimum atomic E-state index is -5.16. The summed E-state index contributed by atoms with van der Waals surface area (Å²) in [4.78, 5) is 18.0. The Labute approximate surface area is 352 Å². The molecule has 2 aliphatic rings. The molecule has 60 heavy (non-hydrogen) atoms. The van der Waals surface area contributed by atoms with Gasteiger partial charge in [0.05, 0.1) is 30.8 Å². The third kappa shape index (κ3) is 11.0. The fourth-order valence-corrected chi connectivity index (χ4v) is 10.2. The van der Waals surface area contributed by atoms with Crippen LogP contribution in [0, 0.1) is 30.4 Å². The van der Waals surface area contributed by atoms with E-state index in [-0.39, 0.29) is 67.2 Å². The number of hydrazone groups is 1. The maximum Gasteiger partial charge on any atom is 0.411 e. The van der Waals surface area contributed by atoms with Gasteiger partial charge in [-0.1, -0.05) is 30.2 Å². The Morgan fingerprint density at radius 2 is 1.62 bits per heavy atom. The monoisotopic (exact) mass is 925 g/mol. The minimum Gasteiger partial charge on any atom is -0.444 e. The predicted molar refractivity (Wildman–Crippen MR) is 217 cm³/mol. The Morgan fingerprint density at radius 3 is 2.10 bits per heavy atom. The number of amidine groups is 1. The van der Waals surface area contributed by atoms with Crippen molar-refractivity contribution in [2.75, 3.05) is 25.3 Å². The normalized spacial score (nSPS) is 18.1. The average Bonchev–Trinajstić information content (AvgIpc) is 3.65. The molecule has 2 aromatic rings. The van der Waals surface area contributed by atoms with Gasteiger partial charge in [0.15, 0.2) is 15.7 Å². The molecular formula is C38H45ClF5N5O8S3. The second kappa shape index (κ2) is 16.9. The average molecular weight is 926 g/mol. The number of benzene rings is 1. The van der Waals surface area contributed by atoms with Crippen LogP contribution in [0.1, 0.15) is 86.6 Å². The van der Waals surface area contributed by atoms with E-state index in [9.17, 15) is 38.8 Å². The fraction of sp³-hybridized carbons (Fsp3) is 0.500. The third-order valence-corrected chi connectivity index (χ3v) is 15.1. The van der Waals surface area contributed by atoms with Crippen LogP contribution >= 0.6 is 11.6 Å². The van der Waals surface area contributed by atoms with Crippen LogP contribution in [0.15, 0.2) is 46.6 Å². The maximum atomic E-state index is 15.7. The highest BCUT2D eigenvalue weighted by Gasteiger charge is 2.54. The Bertz CT molecular complexity index is 2510. The molecule has 0 saturated heterocycles. The number of nitrogens with one attached hydrogen (secondary N) is 1. The number of pyridine rings is 1. The number of nitrogens with zero attached hydrogens (tertiary/aromatic N) is 4. The van der Waals surface area contributed by atoms with Crippen molar-refractivity contribution in [1.29, 1.82) is 0 Å². The summed E-state index contributed by atoms with van der Waals surface area (Å²) < 4.78 is 156. The van der Waals surface area contributed by atoms with E-state index >= 15 is 13.2 Å². The number of sulfonamides is 2. The Kier molecular flexibility index (Phi) is 13.6. The minimum absolute atomic E-state index is 0.0114. The molecule has 0 bridgehead atoms. The molecule has 0 saturated carbocycles. The topological polar surface area (TPSA) is 172 Å². The lowest BCUT2D eigenvalue weighted by Gasteiger charge is -2.34. The summed E-state index contributed by atoms with van der Waals surface area (Å²) in [6.07, 6.45) is -3.91. The first kappa shape index (κ1) is 48.4. The molecule has 1 aromatic heterocycles. The van der Waals surface area contributed by atoms with Crippen molar-refractivity contribution in [3.05, 3.63) is 86.7 Å². The molecule has 2 heterocycles. The lowest BCUT2D eigenvalue weighted by atomic mass is 9.86. The van der Waals surface area contributed by atoms with Crippen molar-refractivity contribution in [2.24, 2.45) is 5.10 Å². The van der Waals surface area contributed by atoms with Gasteiger partial charge in [-0.3, -0.25) is 5.01 Å². The number of ether oxygens (including phenoxy) is 1. The zero-order valence-electron chi connectivity index (χ0n) is 34.1. The summed E-state index contributed by atoms with van der Waals surface area (Å²) >= 11 is 6.31. The van der Waals surface area contributed by atoms with Gasteiger partial charge < -0.3 is 10.1 Å². The number of sulfone groups is 1. The highest BCUT2D eigenvalue weighted by molar-refractivity contribution is 8.04. The second-order valence-electron chi connectivity index (χ2n) is 16.0. The SMILES string of the molecule is C=C/C(Cl)=C1\CN(C(C2CCc3c(C#CC(C)(C)S(C)(=O)=O)nc([C@H](Cc4cc(F)cc(F)c4)NC(=O)OC(C)(C)C)c(C)c32)C(F)(F)F)N=C1N(S(C)(=O)=O)S(C)(=O)=O. The summed E-state index contributed by atoms with van der Waals surface area (Å²) in [7, 11) is -13.3. The first-order chi connectivity index (χ1) is 27.2. The number of halogens is 6. The molecule has 1 N–H and O–H groups in total. The smallest absolute Gasteiger partial charge is 0.411 e.